The van der Waals surface area contributed by atoms with E-state index in [0.29, 0.717) is 13.0 Å². The van der Waals surface area contributed by atoms with Gasteiger partial charge in [-0.2, -0.15) is 15.4 Å². The quantitative estimate of drug-likeness (QED) is 0.729. The van der Waals surface area contributed by atoms with E-state index in [1.54, 1.807) is 0 Å². The van der Waals surface area contributed by atoms with Crippen molar-refractivity contribution in [2.24, 2.45) is 0 Å². The van der Waals surface area contributed by atoms with E-state index in [4.69, 9.17) is 5.11 Å². The molecule has 2 rings (SSSR count). The second-order valence-electron chi connectivity index (χ2n) is 3.70. The molecule has 0 aliphatic carbocycles. The Balaban J connectivity index is 2.17. The molecule has 0 aromatic carbocycles. The van der Waals surface area contributed by atoms with E-state index in [-0.39, 0.29) is 11.6 Å². The maximum Gasteiger partial charge on any atom is 0.326 e. The van der Waals surface area contributed by atoms with E-state index in [9.17, 15) is 9.59 Å². The van der Waals surface area contributed by atoms with Gasteiger partial charge in [0.2, 0.25) is 0 Å². The van der Waals surface area contributed by atoms with E-state index in [1.807, 2.05) is 0 Å². The third kappa shape index (κ3) is 1.88. The Morgan fingerprint density at radius 2 is 2.31 bits per heavy atom. The molecule has 1 unspecified atom stereocenters. The molecule has 16 heavy (non-hydrogen) atoms. The Morgan fingerprint density at radius 1 is 1.50 bits per heavy atom. The molecule has 1 aromatic heterocycles. The van der Waals surface area contributed by atoms with Crippen LogP contribution in [0.5, 0.6) is 0 Å². The minimum Gasteiger partial charge on any atom is -0.480 e. The summed E-state index contributed by atoms with van der Waals surface area (Å²) in [5.41, 5.74) is 0.160. The number of nitrogens with zero attached hydrogens (tertiary/aromatic N) is 3. The van der Waals surface area contributed by atoms with E-state index in [0.717, 1.165) is 12.8 Å². The first-order valence-electron chi connectivity index (χ1n) is 5.09. The molecular formula is C9H12N4O3. The van der Waals surface area contributed by atoms with Gasteiger partial charge in [0.05, 0.1) is 6.20 Å². The number of nitrogens with one attached hydrogen (secondary N) is 1. The molecule has 1 amide bonds. The highest BCUT2D eigenvalue weighted by molar-refractivity contribution is 5.94. The summed E-state index contributed by atoms with van der Waals surface area (Å²) >= 11 is 0. The first-order valence-corrected chi connectivity index (χ1v) is 5.09. The van der Waals surface area contributed by atoms with Crippen LogP contribution < -0.4 is 0 Å². The zero-order valence-corrected chi connectivity index (χ0v) is 8.59. The van der Waals surface area contributed by atoms with Crippen LogP contribution in [-0.2, 0) is 4.79 Å². The Kier molecular flexibility index (Phi) is 2.84. The summed E-state index contributed by atoms with van der Waals surface area (Å²) in [6.45, 7) is 0.461. The van der Waals surface area contributed by atoms with Gasteiger partial charge in [0, 0.05) is 6.54 Å². The topological polar surface area (TPSA) is 99.2 Å². The number of piperidine rings is 1. The standard InChI is InChI=1S/C9H12N4O3/c14-8(6-5-10-12-11-6)13-4-2-1-3-7(13)9(15)16/h5,7H,1-4H2,(H,15,16)(H,10,11,12). The summed E-state index contributed by atoms with van der Waals surface area (Å²) in [6, 6.07) is -0.738. The van der Waals surface area contributed by atoms with Crippen LogP contribution in [0.15, 0.2) is 6.20 Å². The predicted octanol–water partition coefficient (Wildman–Crippen LogP) is -0.116. The van der Waals surface area contributed by atoms with Crippen molar-refractivity contribution in [3.63, 3.8) is 0 Å². The molecule has 2 N–H and O–H groups in total. The molecule has 2 heterocycles. The largest absolute Gasteiger partial charge is 0.480 e. The summed E-state index contributed by atoms with van der Waals surface area (Å²) in [7, 11) is 0. The zero-order chi connectivity index (χ0) is 11.5. The van der Waals surface area contributed by atoms with Gasteiger partial charge < -0.3 is 10.0 Å². The minimum absolute atomic E-state index is 0.160. The Hall–Kier alpha value is -1.92. The summed E-state index contributed by atoms with van der Waals surface area (Å²) in [4.78, 5) is 24.3. The van der Waals surface area contributed by atoms with Gasteiger partial charge in [-0.25, -0.2) is 4.79 Å². The van der Waals surface area contributed by atoms with Crippen LogP contribution in [0, 0.1) is 0 Å². The van der Waals surface area contributed by atoms with Gasteiger partial charge >= 0.3 is 5.97 Å². The number of amides is 1. The lowest BCUT2D eigenvalue weighted by Gasteiger charge is -2.32. The number of carbonyl (C=O) groups excluding carboxylic acids is 1. The number of aliphatic carboxylic acids is 1. The number of hydrogen-bond acceptors (Lipinski definition) is 4. The third-order valence-corrected chi connectivity index (χ3v) is 2.68. The highest BCUT2D eigenvalue weighted by Crippen LogP contribution is 2.18. The maximum atomic E-state index is 11.9. The lowest BCUT2D eigenvalue weighted by atomic mass is 10.0. The fraction of sp³-hybridized carbons (Fsp3) is 0.556. The van der Waals surface area contributed by atoms with Crippen molar-refractivity contribution in [2.75, 3.05) is 6.54 Å². The van der Waals surface area contributed by atoms with Gasteiger partial charge in [0.15, 0.2) is 5.69 Å². The van der Waals surface area contributed by atoms with Crippen molar-refractivity contribution in [3.8, 4) is 0 Å². The highest BCUT2D eigenvalue weighted by Gasteiger charge is 2.33. The van der Waals surface area contributed by atoms with Crippen LogP contribution in [0.25, 0.3) is 0 Å². The van der Waals surface area contributed by atoms with Crippen molar-refractivity contribution in [2.45, 2.75) is 25.3 Å². The number of carboxylic acid groups (broad SMARTS) is 1. The van der Waals surface area contributed by atoms with Crippen molar-refractivity contribution >= 4 is 11.9 Å². The van der Waals surface area contributed by atoms with Crippen LogP contribution in [0.3, 0.4) is 0 Å². The smallest absolute Gasteiger partial charge is 0.326 e. The summed E-state index contributed by atoms with van der Waals surface area (Å²) < 4.78 is 0. The molecule has 0 bridgehead atoms. The second kappa shape index (κ2) is 4.30. The molecule has 0 saturated carbocycles. The number of rotatable bonds is 2. The molecule has 1 aliphatic rings. The molecule has 0 radical (unpaired) electrons. The Bertz CT molecular complexity index is 389. The predicted molar refractivity (Wildman–Crippen MR) is 52.7 cm³/mol. The molecular weight excluding hydrogens is 212 g/mol. The molecule has 7 nitrogen and oxygen atoms in total. The van der Waals surface area contributed by atoms with Crippen LogP contribution in [0.4, 0.5) is 0 Å². The van der Waals surface area contributed by atoms with Gasteiger partial charge in [0.25, 0.3) is 5.91 Å². The van der Waals surface area contributed by atoms with Gasteiger partial charge in [-0.05, 0) is 19.3 Å². The molecule has 1 aliphatic heterocycles. The summed E-state index contributed by atoms with van der Waals surface area (Å²) in [5.74, 6) is -1.34. The number of carbonyl (C=O) groups is 2. The number of H-pyrrole nitrogens is 1. The summed E-state index contributed by atoms with van der Waals surface area (Å²) in [5, 5.41) is 18.6. The molecule has 1 aromatic rings. The molecule has 0 spiro atoms. The number of aromatic nitrogens is 3. The lowest BCUT2D eigenvalue weighted by molar-refractivity contribution is -0.143. The van der Waals surface area contributed by atoms with Gasteiger partial charge in [-0.3, -0.25) is 4.79 Å². The first-order chi connectivity index (χ1) is 7.70. The second-order valence-corrected chi connectivity index (χ2v) is 3.70. The van der Waals surface area contributed by atoms with Crippen LogP contribution in [0.2, 0.25) is 0 Å². The van der Waals surface area contributed by atoms with Gasteiger partial charge in [-0.15, -0.1) is 0 Å². The number of aromatic amines is 1. The van der Waals surface area contributed by atoms with E-state index >= 15 is 0 Å². The van der Waals surface area contributed by atoms with Crippen LogP contribution >= 0.6 is 0 Å². The molecule has 1 saturated heterocycles. The number of hydrogen-bond donors (Lipinski definition) is 2. The average Bonchev–Trinajstić information content (AvgIpc) is 2.81. The minimum atomic E-state index is -0.962. The van der Waals surface area contributed by atoms with E-state index < -0.39 is 12.0 Å². The fourth-order valence-electron chi connectivity index (χ4n) is 1.88. The molecule has 7 heteroatoms. The SMILES string of the molecule is O=C(O)C1CCCCN1C(=O)c1cn[nH]n1. The van der Waals surface area contributed by atoms with Gasteiger partial charge in [-0.1, -0.05) is 0 Å². The van der Waals surface area contributed by atoms with E-state index in [1.165, 1.54) is 11.1 Å². The zero-order valence-electron chi connectivity index (χ0n) is 8.59. The highest BCUT2D eigenvalue weighted by atomic mass is 16.4. The van der Waals surface area contributed by atoms with Gasteiger partial charge in [0.1, 0.15) is 6.04 Å². The third-order valence-electron chi connectivity index (χ3n) is 2.68. The maximum absolute atomic E-state index is 11.9. The number of likely N-dealkylation sites (tertiary alicyclic amines) is 1. The number of carboxylic acids is 1. The lowest BCUT2D eigenvalue weighted by Crippen LogP contribution is -2.48. The van der Waals surface area contributed by atoms with Crippen molar-refractivity contribution < 1.29 is 14.7 Å². The first kappa shape index (κ1) is 10.6. The van der Waals surface area contributed by atoms with E-state index in [2.05, 4.69) is 15.4 Å². The molecule has 86 valence electrons. The van der Waals surface area contributed by atoms with Crippen LogP contribution in [0.1, 0.15) is 29.8 Å². The van der Waals surface area contributed by atoms with Crippen molar-refractivity contribution in [1.82, 2.24) is 20.3 Å². The van der Waals surface area contributed by atoms with Crippen molar-refractivity contribution in [3.05, 3.63) is 11.9 Å². The Labute approximate surface area is 91.4 Å². The Morgan fingerprint density at radius 3 is 2.94 bits per heavy atom. The molecule has 1 fully saturated rings. The monoisotopic (exact) mass is 224 g/mol. The summed E-state index contributed by atoms with van der Waals surface area (Å²) in [6.07, 6.45) is 3.46. The fourth-order valence-corrected chi connectivity index (χ4v) is 1.88. The average molecular weight is 224 g/mol. The van der Waals surface area contributed by atoms with Crippen molar-refractivity contribution in [1.29, 1.82) is 0 Å². The normalized spacial score (nSPS) is 20.8. The molecule has 1 atom stereocenters. The van der Waals surface area contributed by atoms with Crippen LogP contribution in [-0.4, -0.2) is 49.9 Å².